The van der Waals surface area contributed by atoms with Crippen LogP contribution in [0.1, 0.15) is 54.0 Å². The molecular weight excluding hydrogens is 891 g/mol. The summed E-state index contributed by atoms with van der Waals surface area (Å²) in [4.78, 5) is 9.74. The lowest BCUT2D eigenvalue weighted by molar-refractivity contribution is -0.0556. The van der Waals surface area contributed by atoms with Crippen LogP contribution in [-0.2, 0) is 27.8 Å². The van der Waals surface area contributed by atoms with Crippen molar-refractivity contribution in [3.05, 3.63) is 44.4 Å². The average molecular weight is 937 g/mol. The van der Waals surface area contributed by atoms with Crippen molar-refractivity contribution in [2.45, 2.75) is 135 Å². The molecule has 10 nitrogen and oxygen atoms in total. The Morgan fingerprint density at radius 3 is 1.39 bits per heavy atom. The van der Waals surface area contributed by atoms with E-state index in [2.05, 4.69) is 76.9 Å². The Balaban J connectivity index is 1.07. The largest absolute Gasteiger partial charge is 0.449 e. The minimum Gasteiger partial charge on any atom is -0.449 e. The Morgan fingerprint density at radius 2 is 1.04 bits per heavy atom. The fourth-order valence-corrected chi connectivity index (χ4v) is 12.6. The van der Waals surface area contributed by atoms with Crippen molar-refractivity contribution in [2.75, 3.05) is 13.2 Å². The number of imidazole rings is 2. The normalized spacial score (nSPS) is 27.5. The van der Waals surface area contributed by atoms with Crippen LogP contribution < -0.4 is 0 Å². The molecule has 0 radical (unpaired) electrons. The fraction of sp³-hybridized carbons (Fsp3) is 0.595. The number of thiocarbonyl (C=S) groups is 1. The van der Waals surface area contributed by atoms with Crippen molar-refractivity contribution in [3.63, 3.8) is 0 Å². The molecule has 56 heavy (non-hydrogen) atoms. The second-order valence-electron chi connectivity index (χ2n) is 17.9. The highest BCUT2D eigenvalue weighted by Gasteiger charge is 2.57. The van der Waals surface area contributed by atoms with Crippen LogP contribution in [0.4, 0.5) is 0 Å². The molecule has 4 aromatic rings. The maximum Gasteiger partial charge on any atom is 0.353 e. The molecule has 0 amide bonds. The number of benzene rings is 2. The smallest absolute Gasteiger partial charge is 0.353 e. The number of hydrogen-bond acceptors (Lipinski definition) is 11. The van der Waals surface area contributed by atoms with E-state index in [0.717, 1.165) is 32.4 Å². The zero-order valence-corrected chi connectivity index (χ0v) is 40.3. The molecule has 304 valence electrons. The highest BCUT2D eigenvalue weighted by Crippen LogP contribution is 2.54. The van der Waals surface area contributed by atoms with Gasteiger partial charge in [0.15, 0.2) is 39.4 Å². The van der Waals surface area contributed by atoms with E-state index in [9.17, 15) is 0 Å². The van der Waals surface area contributed by atoms with Gasteiger partial charge in [0, 0.05) is 12.2 Å². The van der Waals surface area contributed by atoms with Crippen molar-refractivity contribution in [1.82, 2.24) is 19.1 Å². The van der Waals surface area contributed by atoms with Crippen LogP contribution in [0.3, 0.4) is 0 Å². The van der Waals surface area contributed by atoms with Gasteiger partial charge in [0.25, 0.3) is 0 Å². The molecule has 0 spiro atoms. The minimum atomic E-state index is -2.15. The van der Waals surface area contributed by atoms with Crippen LogP contribution in [0.15, 0.2) is 34.6 Å². The zero-order chi connectivity index (χ0) is 40.4. The summed E-state index contributed by atoms with van der Waals surface area (Å²) in [5, 5.41) is 3.02. The van der Waals surface area contributed by atoms with E-state index in [4.69, 9.17) is 96.4 Å². The first-order chi connectivity index (χ1) is 26.0. The van der Waals surface area contributed by atoms with Gasteiger partial charge in [-0.2, -0.15) is 0 Å². The lowest BCUT2D eigenvalue weighted by Gasteiger charge is -2.37. The summed E-state index contributed by atoms with van der Waals surface area (Å²) < 4.78 is 44.7. The quantitative estimate of drug-likeness (QED) is 0.125. The van der Waals surface area contributed by atoms with E-state index in [0.29, 0.717) is 33.3 Å². The van der Waals surface area contributed by atoms with E-state index in [1.54, 1.807) is 35.7 Å². The van der Waals surface area contributed by atoms with E-state index in [-0.39, 0.29) is 25.8 Å². The van der Waals surface area contributed by atoms with E-state index in [1.165, 1.54) is 0 Å². The number of thioether (sulfide) groups is 2. The number of aromatic nitrogens is 4. The molecule has 4 aliphatic heterocycles. The molecule has 2 aromatic heterocycles. The summed E-state index contributed by atoms with van der Waals surface area (Å²) in [5.41, 5.74) is 3.16. The van der Waals surface area contributed by atoms with Gasteiger partial charge >= 0.3 is 5.24 Å². The van der Waals surface area contributed by atoms with E-state index in [1.807, 2.05) is 12.1 Å². The van der Waals surface area contributed by atoms with Gasteiger partial charge in [-0.05, 0) is 60.5 Å². The molecule has 0 N–H and O–H groups in total. The first kappa shape index (κ1) is 41.9. The van der Waals surface area contributed by atoms with Gasteiger partial charge in [-0.1, -0.05) is 111 Å². The van der Waals surface area contributed by atoms with Gasteiger partial charge in [-0.15, -0.1) is 0 Å². The lowest BCUT2D eigenvalue weighted by Crippen LogP contribution is -2.46. The Hall–Kier alpha value is -0.796. The third-order valence-corrected chi connectivity index (χ3v) is 25.4. The van der Waals surface area contributed by atoms with Crippen molar-refractivity contribution in [2.24, 2.45) is 0 Å². The van der Waals surface area contributed by atoms with E-state index < -0.39 is 53.5 Å². The second kappa shape index (κ2) is 14.7. The molecule has 0 bridgehead atoms. The number of fused-ring (bicyclic) bond motifs is 10. The fourth-order valence-electron chi connectivity index (χ4n) is 6.94. The minimum absolute atomic E-state index is 0.00487. The number of ether oxygens (including phenoxy) is 4. The molecule has 8 rings (SSSR count). The first-order valence-corrected chi connectivity index (χ1v) is 28.1. The molecule has 0 unspecified atom stereocenters. The average Bonchev–Trinajstić information content (AvgIpc) is 3.90. The SMILES string of the molecule is CC(C)(C)[Si](C)(C)OC[C@H]1O[C@@H]2[C@@H](Sc3nc4cc(Cl)c(Cl)cc4n32)[C@@H]1OC(=S)O[C@H]1[C@@H]2Sc3nc4cc(Cl)c(Cl)cc4n3[C@@H]2O[C@@H]1CO[Si](C)(C)C(C)(C)C. The monoisotopic (exact) mass is 934 g/mol. The van der Waals surface area contributed by atoms with Gasteiger partial charge in [0.2, 0.25) is 0 Å². The summed E-state index contributed by atoms with van der Waals surface area (Å²) in [7, 11) is -4.30. The summed E-state index contributed by atoms with van der Waals surface area (Å²) in [6.45, 7) is 22.9. The van der Waals surface area contributed by atoms with Gasteiger partial charge in [0.1, 0.15) is 24.4 Å². The van der Waals surface area contributed by atoms with Gasteiger partial charge in [-0.3, -0.25) is 9.13 Å². The van der Waals surface area contributed by atoms with Crippen molar-refractivity contribution in [3.8, 4) is 0 Å². The summed E-state index contributed by atoms with van der Waals surface area (Å²) in [6.07, 6.45) is -2.72. The Bertz CT molecular complexity index is 2080. The molecule has 19 heteroatoms. The predicted octanol–water partition coefficient (Wildman–Crippen LogP) is 11.5. The zero-order valence-electron chi connectivity index (χ0n) is 32.8. The van der Waals surface area contributed by atoms with Crippen LogP contribution >= 0.6 is 82.1 Å². The predicted molar refractivity (Wildman–Crippen MR) is 235 cm³/mol. The lowest BCUT2D eigenvalue weighted by atomic mass is 10.1. The first-order valence-electron chi connectivity index (χ1n) is 18.6. The molecule has 2 fully saturated rings. The summed E-state index contributed by atoms with van der Waals surface area (Å²) in [5.74, 6) is 0. The Kier molecular flexibility index (Phi) is 11.0. The maximum atomic E-state index is 6.84. The molecule has 2 saturated heterocycles. The van der Waals surface area contributed by atoms with Gasteiger partial charge in [0.05, 0.1) is 65.9 Å². The molecule has 0 saturated carbocycles. The molecular formula is C37H46Cl4N4O6S3Si2. The molecule has 8 atom stereocenters. The summed E-state index contributed by atoms with van der Waals surface area (Å²) >= 11 is 34.9. The maximum absolute atomic E-state index is 6.84. The van der Waals surface area contributed by atoms with E-state index >= 15 is 0 Å². The standard InChI is InChI=1S/C37H46Cl4N4O6S3Si2/c1-36(2,3)55(7,8)46-15-25-27(29-31(48-25)44-23-13-19(40)17(38)11-21(23)42-33(44)53-29)50-35(52)51-28-26(16-47-56(9,10)37(4,5)6)49-32-30(28)54-34-43-22-12-18(39)20(41)14-24(22)45(32)34/h11-14,25-32H,15-16H2,1-10H3/t25-,26-,27-,28-,29+,30+,31-,32-/m1/s1. The van der Waals surface area contributed by atoms with Crippen molar-refractivity contribution >= 4 is 126 Å². The van der Waals surface area contributed by atoms with Crippen LogP contribution in [0, 0.1) is 0 Å². The van der Waals surface area contributed by atoms with Crippen molar-refractivity contribution < 1.29 is 27.8 Å². The highest BCUT2D eigenvalue weighted by atomic mass is 35.5. The van der Waals surface area contributed by atoms with Crippen molar-refractivity contribution in [1.29, 1.82) is 0 Å². The topological polar surface area (TPSA) is 91.0 Å². The third-order valence-electron chi connectivity index (χ3n) is 12.3. The highest BCUT2D eigenvalue weighted by molar-refractivity contribution is 8.00. The molecule has 4 aliphatic rings. The van der Waals surface area contributed by atoms with Crippen LogP contribution in [0.2, 0.25) is 56.4 Å². The van der Waals surface area contributed by atoms with Crippen LogP contribution in [0.25, 0.3) is 22.1 Å². The number of hydrogen-bond donors (Lipinski definition) is 0. The summed E-state index contributed by atoms with van der Waals surface area (Å²) in [6, 6.07) is 7.24. The second-order valence-corrected chi connectivity index (χ2v) is 31.8. The Labute approximate surface area is 363 Å². The number of halogens is 4. The van der Waals surface area contributed by atoms with Gasteiger partial charge in [-0.25, -0.2) is 9.97 Å². The van der Waals surface area contributed by atoms with Crippen LogP contribution in [-0.4, -0.2) is 89.1 Å². The molecule has 2 aromatic carbocycles. The van der Waals surface area contributed by atoms with Crippen LogP contribution in [0.5, 0.6) is 0 Å². The number of rotatable bonds is 8. The molecule has 0 aliphatic carbocycles. The molecule has 6 heterocycles. The third kappa shape index (κ3) is 7.27. The number of nitrogens with zero attached hydrogens (tertiary/aromatic N) is 4. The van der Waals surface area contributed by atoms with Gasteiger partial charge < -0.3 is 27.8 Å². The Morgan fingerprint density at radius 1 is 0.679 bits per heavy atom.